The number of thiophene rings is 1. The Labute approximate surface area is 199 Å². The van der Waals surface area contributed by atoms with Crippen LogP contribution in [0.25, 0.3) is 0 Å². The SMILES string of the molecule is CN=C(NCc1ccc(F)c(CO)c1)NCC(c1cccs1)N1CCC(C)CC1.I. The molecule has 1 aliphatic heterocycles. The Bertz CT molecular complexity index is 794. The molecule has 1 aliphatic rings. The monoisotopic (exact) mass is 546 g/mol. The van der Waals surface area contributed by atoms with Crippen molar-refractivity contribution in [1.82, 2.24) is 15.5 Å². The van der Waals surface area contributed by atoms with Crippen molar-refractivity contribution in [3.8, 4) is 0 Å². The molecule has 0 saturated carbocycles. The number of likely N-dealkylation sites (tertiary alicyclic amines) is 1. The maximum absolute atomic E-state index is 13.6. The molecule has 1 fully saturated rings. The maximum Gasteiger partial charge on any atom is 0.191 e. The van der Waals surface area contributed by atoms with Gasteiger partial charge in [-0.2, -0.15) is 0 Å². The van der Waals surface area contributed by atoms with E-state index in [1.165, 1.54) is 23.8 Å². The number of rotatable bonds is 7. The molecule has 1 saturated heterocycles. The van der Waals surface area contributed by atoms with Crippen LogP contribution in [0.4, 0.5) is 4.39 Å². The molecule has 5 nitrogen and oxygen atoms in total. The summed E-state index contributed by atoms with van der Waals surface area (Å²) in [6.07, 6.45) is 2.49. The minimum absolute atomic E-state index is 0. The fraction of sp³-hybridized carbons (Fsp3) is 0.500. The highest BCUT2D eigenvalue weighted by Crippen LogP contribution is 2.29. The lowest BCUT2D eigenvalue weighted by molar-refractivity contribution is 0.140. The molecule has 1 aromatic carbocycles. The third-order valence-electron chi connectivity index (χ3n) is 5.56. The van der Waals surface area contributed by atoms with Gasteiger partial charge >= 0.3 is 0 Å². The molecule has 3 N–H and O–H groups in total. The van der Waals surface area contributed by atoms with Gasteiger partial charge in [-0.25, -0.2) is 4.39 Å². The highest BCUT2D eigenvalue weighted by atomic mass is 127. The molecule has 1 atom stereocenters. The molecule has 2 heterocycles. The van der Waals surface area contributed by atoms with Crippen LogP contribution in [0.5, 0.6) is 0 Å². The summed E-state index contributed by atoms with van der Waals surface area (Å²) in [6.45, 7) is 5.56. The van der Waals surface area contributed by atoms with E-state index in [0.717, 1.165) is 31.1 Å². The zero-order valence-corrected chi connectivity index (χ0v) is 20.8. The van der Waals surface area contributed by atoms with Crippen LogP contribution < -0.4 is 10.6 Å². The fourth-order valence-corrected chi connectivity index (χ4v) is 4.55. The predicted octanol–water partition coefficient (Wildman–Crippen LogP) is 4.14. The van der Waals surface area contributed by atoms with Crippen LogP contribution in [0.3, 0.4) is 0 Å². The number of nitrogens with one attached hydrogen (secondary N) is 2. The summed E-state index contributed by atoms with van der Waals surface area (Å²) in [5.41, 5.74) is 1.21. The van der Waals surface area contributed by atoms with Crippen LogP contribution in [0, 0.1) is 11.7 Å². The van der Waals surface area contributed by atoms with Gasteiger partial charge in [-0.1, -0.05) is 19.1 Å². The number of guanidine groups is 1. The Morgan fingerprint density at radius 2 is 2.07 bits per heavy atom. The summed E-state index contributed by atoms with van der Waals surface area (Å²) >= 11 is 1.80. The van der Waals surface area contributed by atoms with Gasteiger partial charge in [0.25, 0.3) is 0 Å². The van der Waals surface area contributed by atoms with Gasteiger partial charge in [0, 0.05) is 30.6 Å². The van der Waals surface area contributed by atoms with Crippen molar-refractivity contribution in [2.24, 2.45) is 10.9 Å². The number of nitrogens with zero attached hydrogens (tertiary/aromatic N) is 2. The number of aliphatic hydroxyl groups excluding tert-OH is 1. The molecule has 0 bridgehead atoms. The first-order valence-corrected chi connectivity index (χ1v) is 11.1. The molecule has 0 radical (unpaired) electrons. The first-order chi connectivity index (χ1) is 14.1. The average Bonchev–Trinajstić information content (AvgIpc) is 3.27. The summed E-state index contributed by atoms with van der Waals surface area (Å²) in [7, 11) is 1.75. The number of halogens is 2. The second-order valence-corrected chi connectivity index (χ2v) is 8.62. The standard InChI is InChI=1S/C22H31FN4OS.HI/c1-16-7-9-27(10-8-16)20(21-4-3-11-29-21)14-26-22(24-2)25-13-17-5-6-19(23)18(12-17)15-28;/h3-6,11-12,16,20,28H,7-10,13-15H2,1-2H3,(H2,24,25,26);1H. The minimum Gasteiger partial charge on any atom is -0.392 e. The van der Waals surface area contributed by atoms with Gasteiger partial charge in [0.15, 0.2) is 5.96 Å². The average molecular weight is 546 g/mol. The third-order valence-corrected chi connectivity index (χ3v) is 6.53. The van der Waals surface area contributed by atoms with Crippen molar-refractivity contribution in [1.29, 1.82) is 0 Å². The van der Waals surface area contributed by atoms with Crippen molar-refractivity contribution < 1.29 is 9.50 Å². The summed E-state index contributed by atoms with van der Waals surface area (Å²) in [6, 6.07) is 9.44. The van der Waals surface area contributed by atoms with E-state index in [9.17, 15) is 9.50 Å². The first-order valence-electron chi connectivity index (χ1n) is 10.2. The highest BCUT2D eigenvalue weighted by Gasteiger charge is 2.25. The second kappa shape index (κ2) is 12.6. The molecule has 1 unspecified atom stereocenters. The van der Waals surface area contributed by atoms with Crippen molar-refractivity contribution in [2.45, 2.75) is 39.0 Å². The third kappa shape index (κ3) is 6.90. The Hall–Kier alpha value is -1.23. The Morgan fingerprint density at radius 1 is 1.30 bits per heavy atom. The molecular formula is C22H32FIN4OS. The van der Waals surface area contributed by atoms with Crippen LogP contribution >= 0.6 is 35.3 Å². The molecule has 2 aromatic rings. The smallest absolute Gasteiger partial charge is 0.191 e. The number of hydrogen-bond donors (Lipinski definition) is 3. The van der Waals surface area contributed by atoms with Gasteiger partial charge in [0.1, 0.15) is 5.82 Å². The Kier molecular flexibility index (Phi) is 10.5. The van der Waals surface area contributed by atoms with E-state index in [1.807, 2.05) is 0 Å². The van der Waals surface area contributed by atoms with E-state index in [1.54, 1.807) is 30.5 Å². The Morgan fingerprint density at radius 3 is 2.70 bits per heavy atom. The summed E-state index contributed by atoms with van der Waals surface area (Å²) in [4.78, 5) is 8.27. The van der Waals surface area contributed by atoms with Crippen molar-refractivity contribution in [3.05, 3.63) is 57.5 Å². The number of piperidine rings is 1. The molecule has 1 aromatic heterocycles. The van der Waals surface area contributed by atoms with E-state index >= 15 is 0 Å². The number of aliphatic hydroxyl groups is 1. The predicted molar refractivity (Wildman–Crippen MR) is 133 cm³/mol. The van der Waals surface area contributed by atoms with E-state index in [0.29, 0.717) is 24.1 Å². The second-order valence-electron chi connectivity index (χ2n) is 7.64. The molecule has 0 spiro atoms. The van der Waals surface area contributed by atoms with E-state index in [2.05, 4.69) is 45.0 Å². The lowest BCUT2D eigenvalue weighted by Gasteiger charge is -2.36. The van der Waals surface area contributed by atoms with Gasteiger partial charge in [-0.3, -0.25) is 9.89 Å². The minimum atomic E-state index is -0.381. The van der Waals surface area contributed by atoms with Gasteiger partial charge in [-0.15, -0.1) is 35.3 Å². The molecule has 0 amide bonds. The Balaban J connectivity index is 0.00000320. The maximum atomic E-state index is 13.6. The number of aliphatic imine (C=N–C) groups is 1. The lowest BCUT2D eigenvalue weighted by atomic mass is 9.97. The molecule has 3 rings (SSSR count). The summed E-state index contributed by atoms with van der Waals surface area (Å²) in [5.74, 6) is 1.14. The normalized spacial score (nSPS) is 16.7. The quantitative estimate of drug-likeness (QED) is 0.278. The van der Waals surface area contributed by atoms with Crippen LogP contribution in [-0.2, 0) is 13.2 Å². The molecule has 0 aliphatic carbocycles. The van der Waals surface area contributed by atoms with Gasteiger partial charge in [-0.05, 0) is 61.0 Å². The number of benzene rings is 1. The summed E-state index contributed by atoms with van der Waals surface area (Å²) in [5, 5.41) is 18.1. The van der Waals surface area contributed by atoms with E-state index in [-0.39, 0.29) is 36.4 Å². The van der Waals surface area contributed by atoms with Gasteiger partial charge < -0.3 is 15.7 Å². The van der Waals surface area contributed by atoms with Crippen molar-refractivity contribution >= 4 is 41.3 Å². The zero-order valence-electron chi connectivity index (χ0n) is 17.6. The lowest BCUT2D eigenvalue weighted by Crippen LogP contribution is -2.44. The molecular weight excluding hydrogens is 514 g/mol. The summed E-state index contributed by atoms with van der Waals surface area (Å²) < 4.78 is 13.6. The number of hydrogen-bond acceptors (Lipinski definition) is 4. The highest BCUT2D eigenvalue weighted by molar-refractivity contribution is 14.0. The van der Waals surface area contributed by atoms with E-state index in [4.69, 9.17) is 0 Å². The fourth-order valence-electron chi connectivity index (χ4n) is 3.69. The van der Waals surface area contributed by atoms with Crippen molar-refractivity contribution in [2.75, 3.05) is 26.7 Å². The van der Waals surface area contributed by atoms with Crippen LogP contribution in [0.1, 0.15) is 41.8 Å². The molecule has 30 heavy (non-hydrogen) atoms. The largest absolute Gasteiger partial charge is 0.392 e. The van der Waals surface area contributed by atoms with E-state index < -0.39 is 0 Å². The molecule has 8 heteroatoms. The molecule has 166 valence electrons. The van der Waals surface area contributed by atoms with Crippen LogP contribution in [0.15, 0.2) is 40.7 Å². The van der Waals surface area contributed by atoms with Crippen LogP contribution in [-0.4, -0.2) is 42.6 Å². The van der Waals surface area contributed by atoms with Gasteiger partial charge in [0.2, 0.25) is 0 Å². The van der Waals surface area contributed by atoms with Gasteiger partial charge in [0.05, 0.1) is 12.6 Å². The topological polar surface area (TPSA) is 59.9 Å². The van der Waals surface area contributed by atoms with Crippen molar-refractivity contribution in [3.63, 3.8) is 0 Å². The zero-order chi connectivity index (χ0) is 20.6. The van der Waals surface area contributed by atoms with Crippen LogP contribution in [0.2, 0.25) is 0 Å². The first kappa shape index (κ1) is 25.0.